The zero-order valence-corrected chi connectivity index (χ0v) is 17.4. The van der Waals surface area contributed by atoms with Crippen LogP contribution in [0.4, 0.5) is 5.69 Å². The molecule has 4 aromatic rings. The average molecular weight is 428 g/mol. The molecule has 0 aliphatic carbocycles. The summed E-state index contributed by atoms with van der Waals surface area (Å²) in [5.74, 6) is 0. The predicted molar refractivity (Wildman–Crippen MR) is 121 cm³/mol. The van der Waals surface area contributed by atoms with Crippen molar-refractivity contribution in [3.05, 3.63) is 121 Å². The van der Waals surface area contributed by atoms with Gasteiger partial charge in [-0.2, -0.15) is 0 Å². The van der Waals surface area contributed by atoms with Gasteiger partial charge in [-0.3, -0.25) is 0 Å². The zero-order chi connectivity index (χ0) is 19.0. The van der Waals surface area contributed by atoms with E-state index in [0.29, 0.717) is 21.0 Å². The monoisotopic (exact) mass is 429 g/mol. The first kappa shape index (κ1) is 18.6. The van der Waals surface area contributed by atoms with Crippen molar-refractivity contribution in [2.24, 2.45) is 0 Å². The Morgan fingerprint density at radius 2 is 1.11 bits per heavy atom. The predicted octanol–water partition coefficient (Wildman–Crippen LogP) is 5.95. The Balaban J connectivity index is 1.55. The van der Waals surface area contributed by atoms with Crippen LogP contribution in [0.2, 0.25) is 5.32 Å². The molecule has 0 aromatic heterocycles. The molecule has 138 valence electrons. The van der Waals surface area contributed by atoms with Crippen LogP contribution in [-0.4, -0.2) is 15.0 Å². The van der Waals surface area contributed by atoms with E-state index in [1.165, 1.54) is 26.8 Å². The molecule has 2 heteroatoms. The minimum absolute atomic E-state index is 0.299. The topological polar surface area (TPSA) is 12.0 Å². The van der Waals surface area contributed by atoms with E-state index in [4.69, 9.17) is 0 Å². The van der Waals surface area contributed by atoms with Crippen LogP contribution in [-0.2, 0) is 0 Å². The minimum atomic E-state index is 0.299. The fourth-order valence-corrected chi connectivity index (χ4v) is 5.26. The van der Waals surface area contributed by atoms with Crippen molar-refractivity contribution >= 4 is 25.1 Å². The fraction of sp³-hybridized carbons (Fsp3) is 0.0769. The van der Waals surface area contributed by atoms with E-state index in [1.54, 1.807) is 0 Å². The van der Waals surface area contributed by atoms with Gasteiger partial charge in [-0.25, -0.2) is 0 Å². The van der Waals surface area contributed by atoms with Crippen LogP contribution >= 0.6 is 0 Å². The van der Waals surface area contributed by atoms with E-state index in [1.807, 2.05) is 0 Å². The van der Waals surface area contributed by atoms with Gasteiger partial charge in [0, 0.05) is 0 Å². The van der Waals surface area contributed by atoms with Crippen LogP contribution < -0.4 is 9.78 Å². The molecule has 4 rings (SSSR count). The first-order valence-corrected chi connectivity index (χ1v) is 11.6. The van der Waals surface area contributed by atoms with Crippen molar-refractivity contribution < 1.29 is 0 Å². The van der Waals surface area contributed by atoms with Gasteiger partial charge in [0.1, 0.15) is 0 Å². The number of nitrogens with one attached hydrogen (secondary N) is 1. The van der Waals surface area contributed by atoms with E-state index >= 15 is 0 Å². The van der Waals surface area contributed by atoms with Crippen molar-refractivity contribution in [2.75, 3.05) is 5.32 Å². The van der Waals surface area contributed by atoms with Gasteiger partial charge in [0.25, 0.3) is 0 Å². The summed E-state index contributed by atoms with van der Waals surface area (Å²) in [5.41, 5.74) is 5.02. The molecular weight excluding hydrogens is 405 g/mol. The molecular formula is C26H23NSe. The van der Waals surface area contributed by atoms with Crippen LogP contribution in [0, 0.1) is 0 Å². The molecule has 0 aliphatic heterocycles. The second-order valence-corrected chi connectivity index (χ2v) is 8.97. The Bertz CT molecular complexity index is 967. The second-order valence-electron chi connectivity index (χ2n) is 6.68. The Morgan fingerprint density at radius 3 is 1.75 bits per heavy atom. The normalized spacial score (nSPS) is 11.7. The van der Waals surface area contributed by atoms with Gasteiger partial charge < -0.3 is 0 Å². The fourth-order valence-electron chi connectivity index (χ4n) is 3.19. The Kier molecular flexibility index (Phi) is 6.24. The SMILES string of the molecule is c1ccc(NC(C[Se]c2ccccc2)c2ccc(-c3ccccc3)cc2)cc1. The average Bonchev–Trinajstić information content (AvgIpc) is 2.79. The summed E-state index contributed by atoms with van der Waals surface area (Å²) in [6.45, 7) is 0. The molecule has 0 radical (unpaired) electrons. The van der Waals surface area contributed by atoms with Crippen molar-refractivity contribution in [2.45, 2.75) is 11.4 Å². The summed E-state index contributed by atoms with van der Waals surface area (Å²) in [5, 5.41) is 4.85. The summed E-state index contributed by atoms with van der Waals surface area (Å²) in [7, 11) is 0. The summed E-state index contributed by atoms with van der Waals surface area (Å²) < 4.78 is 1.44. The number of anilines is 1. The second kappa shape index (κ2) is 9.41. The van der Waals surface area contributed by atoms with Gasteiger partial charge in [0.05, 0.1) is 0 Å². The first-order valence-electron chi connectivity index (χ1n) is 9.53. The number of hydrogen-bond acceptors (Lipinski definition) is 1. The molecule has 0 fully saturated rings. The molecule has 28 heavy (non-hydrogen) atoms. The molecule has 4 aromatic carbocycles. The third-order valence-electron chi connectivity index (χ3n) is 4.69. The van der Waals surface area contributed by atoms with Crippen LogP contribution in [0.1, 0.15) is 11.6 Å². The van der Waals surface area contributed by atoms with Crippen molar-refractivity contribution in [3.63, 3.8) is 0 Å². The first-order chi connectivity index (χ1) is 13.9. The molecule has 0 heterocycles. The summed E-state index contributed by atoms with van der Waals surface area (Å²) in [6, 6.07) is 41.2. The molecule has 0 amide bonds. The molecule has 0 saturated carbocycles. The number of hydrogen-bond donors (Lipinski definition) is 1. The van der Waals surface area contributed by atoms with E-state index in [0.717, 1.165) is 5.32 Å². The van der Waals surface area contributed by atoms with E-state index in [9.17, 15) is 0 Å². The Hall–Kier alpha value is -2.80. The quantitative estimate of drug-likeness (QED) is 0.359. The van der Waals surface area contributed by atoms with E-state index in [2.05, 4.69) is 121 Å². The maximum absolute atomic E-state index is 3.74. The standard InChI is InChI=1S/C26H23NSe/c1-4-10-21(11-5-1)22-16-18-23(19-17-22)26(27-24-12-6-2-7-13-24)20-28-25-14-8-3-9-15-25/h1-19,26-27H,20H2. The van der Waals surface area contributed by atoms with Crippen molar-refractivity contribution in [1.29, 1.82) is 0 Å². The Labute approximate surface area is 173 Å². The molecule has 1 unspecified atom stereocenters. The third-order valence-corrected chi connectivity index (χ3v) is 7.01. The molecule has 0 spiro atoms. The Morgan fingerprint density at radius 1 is 0.571 bits per heavy atom. The van der Waals surface area contributed by atoms with Gasteiger partial charge in [-0.1, -0.05) is 0 Å². The van der Waals surface area contributed by atoms with E-state index < -0.39 is 0 Å². The molecule has 0 aliphatic rings. The van der Waals surface area contributed by atoms with Gasteiger partial charge in [-0.15, -0.1) is 0 Å². The summed E-state index contributed by atoms with van der Waals surface area (Å²) in [4.78, 5) is 0. The molecule has 1 N–H and O–H groups in total. The number of rotatable bonds is 7. The zero-order valence-electron chi connectivity index (χ0n) is 15.7. The molecule has 1 atom stereocenters. The molecule has 0 bridgehead atoms. The van der Waals surface area contributed by atoms with Gasteiger partial charge in [0.2, 0.25) is 0 Å². The third kappa shape index (κ3) is 4.92. The number of benzene rings is 4. The van der Waals surface area contributed by atoms with E-state index in [-0.39, 0.29) is 0 Å². The van der Waals surface area contributed by atoms with Crippen LogP contribution in [0.5, 0.6) is 0 Å². The summed E-state index contributed by atoms with van der Waals surface area (Å²) >= 11 is 0.422. The van der Waals surface area contributed by atoms with Gasteiger partial charge >= 0.3 is 174 Å². The van der Waals surface area contributed by atoms with Gasteiger partial charge in [0.15, 0.2) is 0 Å². The summed E-state index contributed by atoms with van der Waals surface area (Å²) in [6.07, 6.45) is 0. The van der Waals surface area contributed by atoms with Crippen LogP contribution in [0.15, 0.2) is 115 Å². The molecule has 1 nitrogen and oxygen atoms in total. The van der Waals surface area contributed by atoms with Crippen LogP contribution in [0.25, 0.3) is 11.1 Å². The maximum atomic E-state index is 3.74. The van der Waals surface area contributed by atoms with Gasteiger partial charge in [-0.05, 0) is 0 Å². The number of para-hydroxylation sites is 1. The molecule has 0 saturated heterocycles. The van der Waals surface area contributed by atoms with Crippen molar-refractivity contribution in [1.82, 2.24) is 0 Å². The van der Waals surface area contributed by atoms with Crippen molar-refractivity contribution in [3.8, 4) is 11.1 Å². The van der Waals surface area contributed by atoms with Crippen LogP contribution in [0.3, 0.4) is 0 Å².